The second-order valence-electron chi connectivity index (χ2n) is 5.70. The van der Waals surface area contributed by atoms with Gasteiger partial charge < -0.3 is 10.4 Å². The van der Waals surface area contributed by atoms with Crippen LogP contribution in [0, 0.1) is 6.92 Å². The number of hydrogen-bond acceptors (Lipinski definition) is 4. The lowest BCUT2D eigenvalue weighted by Crippen LogP contribution is -2.26. The number of para-hydroxylation sites is 1. The third-order valence-corrected chi connectivity index (χ3v) is 3.58. The van der Waals surface area contributed by atoms with E-state index in [0.29, 0.717) is 17.8 Å². The Hall–Kier alpha value is -3.15. The maximum absolute atomic E-state index is 12.0. The van der Waals surface area contributed by atoms with E-state index < -0.39 is 5.91 Å². The minimum atomic E-state index is -0.523. The molecular formula is C19H21N3O3. The highest BCUT2D eigenvalue weighted by Crippen LogP contribution is 2.20. The molecule has 25 heavy (non-hydrogen) atoms. The number of carbonyl (C=O) groups excluding carboxylic acids is 2. The SMILES string of the molecule is CC(CC(=O)NCc1ccccc1)=NNC(=O)c1cccc(C)c1O. The Morgan fingerprint density at radius 3 is 2.52 bits per heavy atom. The molecular weight excluding hydrogens is 318 g/mol. The van der Waals surface area contributed by atoms with Gasteiger partial charge in [0.25, 0.3) is 5.91 Å². The number of aromatic hydroxyl groups is 1. The molecule has 0 saturated heterocycles. The fourth-order valence-corrected chi connectivity index (χ4v) is 2.18. The van der Waals surface area contributed by atoms with Gasteiger partial charge in [0.1, 0.15) is 5.75 Å². The van der Waals surface area contributed by atoms with Crippen LogP contribution in [0.15, 0.2) is 53.6 Å². The van der Waals surface area contributed by atoms with E-state index in [-0.39, 0.29) is 23.6 Å². The molecule has 3 N–H and O–H groups in total. The van der Waals surface area contributed by atoms with Crippen molar-refractivity contribution in [2.45, 2.75) is 26.8 Å². The van der Waals surface area contributed by atoms with Crippen LogP contribution in [0.5, 0.6) is 5.75 Å². The summed E-state index contributed by atoms with van der Waals surface area (Å²) in [5, 5.41) is 16.6. The Morgan fingerprint density at radius 2 is 1.80 bits per heavy atom. The van der Waals surface area contributed by atoms with E-state index in [1.165, 1.54) is 6.07 Å². The van der Waals surface area contributed by atoms with E-state index in [1.807, 2.05) is 30.3 Å². The summed E-state index contributed by atoms with van der Waals surface area (Å²) in [4.78, 5) is 23.9. The molecule has 2 aromatic rings. The number of phenols is 1. The van der Waals surface area contributed by atoms with Gasteiger partial charge in [-0.3, -0.25) is 9.59 Å². The van der Waals surface area contributed by atoms with Gasteiger partial charge in [-0.25, -0.2) is 5.43 Å². The molecule has 130 valence electrons. The van der Waals surface area contributed by atoms with Crippen molar-refractivity contribution in [3.63, 3.8) is 0 Å². The molecule has 0 saturated carbocycles. The summed E-state index contributed by atoms with van der Waals surface area (Å²) in [5.74, 6) is -0.781. The molecule has 0 heterocycles. The topological polar surface area (TPSA) is 90.8 Å². The summed E-state index contributed by atoms with van der Waals surface area (Å²) in [6.45, 7) is 3.80. The monoisotopic (exact) mass is 339 g/mol. The van der Waals surface area contributed by atoms with Crippen molar-refractivity contribution in [3.8, 4) is 5.75 Å². The molecule has 0 aliphatic heterocycles. The minimum absolute atomic E-state index is 0.0755. The zero-order chi connectivity index (χ0) is 18.2. The van der Waals surface area contributed by atoms with Gasteiger partial charge in [0.15, 0.2) is 0 Å². The molecule has 0 aliphatic rings. The zero-order valence-corrected chi connectivity index (χ0v) is 14.2. The fraction of sp³-hybridized carbons (Fsp3) is 0.211. The Morgan fingerprint density at radius 1 is 1.08 bits per heavy atom. The highest BCUT2D eigenvalue weighted by molar-refractivity contribution is 6.01. The van der Waals surface area contributed by atoms with E-state index in [4.69, 9.17) is 0 Å². The molecule has 0 fully saturated rings. The molecule has 0 aliphatic carbocycles. The number of nitrogens with zero attached hydrogens (tertiary/aromatic N) is 1. The first-order chi connectivity index (χ1) is 12.0. The van der Waals surface area contributed by atoms with Crippen LogP contribution < -0.4 is 10.7 Å². The summed E-state index contributed by atoms with van der Waals surface area (Å²) in [6, 6.07) is 14.5. The van der Waals surface area contributed by atoms with Crippen LogP contribution in [-0.4, -0.2) is 22.6 Å². The summed E-state index contributed by atoms with van der Waals surface area (Å²) in [5.41, 5.74) is 4.58. The first-order valence-electron chi connectivity index (χ1n) is 7.90. The first kappa shape index (κ1) is 18.2. The van der Waals surface area contributed by atoms with Gasteiger partial charge in [-0.2, -0.15) is 5.10 Å². The van der Waals surface area contributed by atoms with Gasteiger partial charge in [0.05, 0.1) is 12.0 Å². The average Bonchev–Trinajstić information content (AvgIpc) is 2.61. The number of benzene rings is 2. The number of aryl methyl sites for hydroxylation is 1. The van der Waals surface area contributed by atoms with Gasteiger partial charge >= 0.3 is 0 Å². The van der Waals surface area contributed by atoms with E-state index in [2.05, 4.69) is 15.8 Å². The van der Waals surface area contributed by atoms with Crippen molar-refractivity contribution in [3.05, 3.63) is 65.2 Å². The van der Waals surface area contributed by atoms with Gasteiger partial charge in [-0.15, -0.1) is 0 Å². The van der Waals surface area contributed by atoms with Crippen LogP contribution in [0.3, 0.4) is 0 Å². The molecule has 6 heteroatoms. The van der Waals surface area contributed by atoms with Crippen molar-refractivity contribution in [1.29, 1.82) is 0 Å². The van der Waals surface area contributed by atoms with Crippen molar-refractivity contribution >= 4 is 17.5 Å². The number of amides is 2. The average molecular weight is 339 g/mol. The molecule has 0 unspecified atom stereocenters. The van der Waals surface area contributed by atoms with Gasteiger partial charge in [-0.05, 0) is 31.0 Å². The van der Waals surface area contributed by atoms with E-state index in [0.717, 1.165) is 5.56 Å². The Bertz CT molecular complexity index is 786. The van der Waals surface area contributed by atoms with Crippen LogP contribution in [-0.2, 0) is 11.3 Å². The van der Waals surface area contributed by atoms with Crippen molar-refractivity contribution in [2.24, 2.45) is 5.10 Å². The number of hydrazone groups is 1. The summed E-state index contributed by atoms with van der Waals surface area (Å²) in [6.07, 6.45) is 0.0763. The van der Waals surface area contributed by atoms with Crippen LogP contribution in [0.25, 0.3) is 0 Å². The molecule has 2 rings (SSSR count). The minimum Gasteiger partial charge on any atom is -0.507 e. The van der Waals surface area contributed by atoms with Crippen molar-refractivity contribution in [1.82, 2.24) is 10.7 Å². The molecule has 0 atom stereocenters. The standard InChI is InChI=1S/C19H21N3O3/c1-13-7-6-10-16(18(13)24)19(25)22-21-14(2)11-17(23)20-12-15-8-4-3-5-9-15/h3-10,24H,11-12H2,1-2H3,(H,20,23)(H,22,25). The molecule has 0 bridgehead atoms. The second-order valence-corrected chi connectivity index (χ2v) is 5.70. The zero-order valence-electron chi connectivity index (χ0n) is 14.2. The maximum Gasteiger partial charge on any atom is 0.275 e. The van der Waals surface area contributed by atoms with E-state index in [1.54, 1.807) is 26.0 Å². The molecule has 6 nitrogen and oxygen atoms in total. The van der Waals surface area contributed by atoms with E-state index >= 15 is 0 Å². The summed E-state index contributed by atoms with van der Waals surface area (Å²) >= 11 is 0. The van der Waals surface area contributed by atoms with Crippen molar-refractivity contribution in [2.75, 3.05) is 0 Å². The number of rotatable bonds is 6. The van der Waals surface area contributed by atoms with Crippen LogP contribution >= 0.6 is 0 Å². The number of nitrogens with one attached hydrogen (secondary N) is 2. The Kier molecular flexibility index (Phi) is 6.28. The predicted molar refractivity (Wildman–Crippen MR) is 96.3 cm³/mol. The molecule has 0 radical (unpaired) electrons. The molecule has 0 aromatic heterocycles. The van der Waals surface area contributed by atoms with Crippen molar-refractivity contribution < 1.29 is 14.7 Å². The third-order valence-electron chi connectivity index (χ3n) is 3.58. The lowest BCUT2D eigenvalue weighted by atomic mass is 10.1. The first-order valence-corrected chi connectivity index (χ1v) is 7.90. The highest BCUT2D eigenvalue weighted by Gasteiger charge is 2.12. The highest BCUT2D eigenvalue weighted by atomic mass is 16.3. The van der Waals surface area contributed by atoms with Crippen LogP contribution in [0.4, 0.5) is 0 Å². The lowest BCUT2D eigenvalue weighted by molar-refractivity contribution is -0.120. The molecule has 0 spiro atoms. The summed E-state index contributed by atoms with van der Waals surface area (Å²) in [7, 11) is 0. The van der Waals surface area contributed by atoms with E-state index in [9.17, 15) is 14.7 Å². The molecule has 2 amide bonds. The van der Waals surface area contributed by atoms with Crippen LogP contribution in [0.1, 0.15) is 34.8 Å². The van der Waals surface area contributed by atoms with Gasteiger partial charge in [0, 0.05) is 12.3 Å². The van der Waals surface area contributed by atoms with Gasteiger partial charge in [-0.1, -0.05) is 42.5 Å². The number of phenolic OH excluding ortho intramolecular Hbond substituents is 1. The fourth-order valence-electron chi connectivity index (χ4n) is 2.18. The number of hydrogen-bond donors (Lipinski definition) is 3. The Labute approximate surface area is 146 Å². The predicted octanol–water partition coefficient (Wildman–Crippen LogP) is 2.51. The second kappa shape index (κ2) is 8.63. The lowest BCUT2D eigenvalue weighted by Gasteiger charge is -2.07. The molecule has 2 aromatic carbocycles. The smallest absolute Gasteiger partial charge is 0.275 e. The largest absolute Gasteiger partial charge is 0.507 e. The maximum atomic E-state index is 12.0. The number of carbonyl (C=O) groups is 2. The summed E-state index contributed by atoms with van der Waals surface area (Å²) < 4.78 is 0. The third kappa shape index (κ3) is 5.46. The normalized spacial score (nSPS) is 11.0. The Balaban J connectivity index is 1.85. The van der Waals surface area contributed by atoms with Crippen LogP contribution in [0.2, 0.25) is 0 Å². The van der Waals surface area contributed by atoms with Gasteiger partial charge in [0.2, 0.25) is 5.91 Å². The quantitative estimate of drug-likeness (QED) is 0.558.